The van der Waals surface area contributed by atoms with Gasteiger partial charge in [0.25, 0.3) is 0 Å². The van der Waals surface area contributed by atoms with E-state index >= 15 is 0 Å². The van der Waals surface area contributed by atoms with Crippen LogP contribution in [0.15, 0.2) is 48.7 Å². The van der Waals surface area contributed by atoms with E-state index in [1.165, 1.54) is 12.1 Å². The van der Waals surface area contributed by atoms with E-state index in [9.17, 15) is 5.11 Å². The van der Waals surface area contributed by atoms with Crippen LogP contribution in [0.3, 0.4) is 0 Å². The summed E-state index contributed by atoms with van der Waals surface area (Å²) in [5.74, 6) is 0.928. The highest BCUT2D eigenvalue weighted by molar-refractivity contribution is 14.1. The molecule has 4 rings (SSSR count). The number of aromatic amines is 1. The fourth-order valence-electron chi connectivity index (χ4n) is 3.16. The molecule has 7 nitrogen and oxygen atoms in total. The number of hydrogen-bond acceptors (Lipinski definition) is 6. The van der Waals surface area contributed by atoms with E-state index in [1.807, 2.05) is 24.3 Å². The number of aromatic hydroxyl groups is 1. The van der Waals surface area contributed by atoms with Crippen molar-refractivity contribution in [2.75, 3.05) is 25.6 Å². The molecule has 3 N–H and O–H groups in total. The minimum atomic E-state index is -0.0176. The minimum Gasteiger partial charge on any atom is -0.508 e. The number of halogens is 3. The molecule has 0 aliphatic rings. The van der Waals surface area contributed by atoms with Crippen LogP contribution in [-0.2, 0) is 4.74 Å². The zero-order valence-electron chi connectivity index (χ0n) is 16.9. The van der Waals surface area contributed by atoms with Gasteiger partial charge >= 0.3 is 0 Å². The van der Waals surface area contributed by atoms with E-state index in [2.05, 4.69) is 42.9 Å². The zero-order chi connectivity index (χ0) is 22.7. The predicted molar refractivity (Wildman–Crippen MR) is 135 cm³/mol. The first-order valence-corrected chi connectivity index (χ1v) is 11.4. The summed E-state index contributed by atoms with van der Waals surface area (Å²) < 4.78 is 6.14. The SMILES string of the molecule is COCCNc1nccc(-c2[nH]c(-c3c(Cl)cc(O)cc3Cl)nc2-c2cccc(I)c2)n1. The Morgan fingerprint density at radius 3 is 2.62 bits per heavy atom. The molecule has 2 aromatic carbocycles. The monoisotopic (exact) mass is 581 g/mol. The van der Waals surface area contributed by atoms with E-state index in [0.717, 1.165) is 9.13 Å². The molecule has 32 heavy (non-hydrogen) atoms. The standard InChI is InChI=1S/C22H18Cl2IN5O2/c1-32-8-7-27-22-26-6-5-17(28-22)20-19(12-3-2-4-13(25)9-12)29-21(30-20)18-15(23)10-14(31)11-16(18)24/h2-6,9-11,31H,7-8H2,1H3,(H,29,30)(H,26,27,28). The number of methoxy groups -OCH3 is 1. The van der Waals surface area contributed by atoms with Crippen molar-refractivity contribution in [1.82, 2.24) is 19.9 Å². The summed E-state index contributed by atoms with van der Waals surface area (Å²) in [6.45, 7) is 1.12. The highest BCUT2D eigenvalue weighted by Gasteiger charge is 2.20. The second-order valence-electron chi connectivity index (χ2n) is 6.79. The Balaban J connectivity index is 1.86. The van der Waals surface area contributed by atoms with Gasteiger partial charge in [-0.1, -0.05) is 35.3 Å². The lowest BCUT2D eigenvalue weighted by Gasteiger charge is -2.07. The molecular formula is C22H18Cl2IN5O2. The third-order valence-electron chi connectivity index (χ3n) is 4.57. The molecular weight excluding hydrogens is 564 g/mol. The molecule has 0 fully saturated rings. The van der Waals surface area contributed by atoms with E-state index in [4.69, 9.17) is 32.9 Å². The Bertz CT molecular complexity index is 1240. The van der Waals surface area contributed by atoms with Gasteiger partial charge in [-0.2, -0.15) is 0 Å². The van der Waals surface area contributed by atoms with Gasteiger partial charge in [0.05, 0.1) is 39.3 Å². The van der Waals surface area contributed by atoms with E-state index in [1.54, 1.807) is 19.4 Å². The average Bonchev–Trinajstić information content (AvgIpc) is 3.18. The van der Waals surface area contributed by atoms with Crippen LogP contribution in [0, 0.1) is 3.57 Å². The number of rotatable bonds is 7. The zero-order valence-corrected chi connectivity index (χ0v) is 20.5. The molecule has 4 aromatic rings. The number of phenols is 1. The number of ether oxygens (including phenoxy) is 1. The predicted octanol–water partition coefficient (Wildman–Crippen LogP) is 5.88. The minimum absolute atomic E-state index is 0.0176. The molecule has 0 spiro atoms. The number of nitrogens with one attached hydrogen (secondary N) is 2. The summed E-state index contributed by atoms with van der Waals surface area (Å²) in [4.78, 5) is 17.0. The molecule has 0 saturated carbocycles. The van der Waals surface area contributed by atoms with Gasteiger partial charge in [-0.05, 0) is 52.9 Å². The number of nitrogens with zero attached hydrogens (tertiary/aromatic N) is 3. The second-order valence-corrected chi connectivity index (χ2v) is 8.85. The van der Waals surface area contributed by atoms with Crippen molar-refractivity contribution in [3.63, 3.8) is 0 Å². The Hall–Kier alpha value is -2.40. The molecule has 0 radical (unpaired) electrons. The molecule has 2 heterocycles. The van der Waals surface area contributed by atoms with Gasteiger partial charge in [-0.3, -0.25) is 0 Å². The summed E-state index contributed by atoms with van der Waals surface area (Å²) in [7, 11) is 1.64. The lowest BCUT2D eigenvalue weighted by Crippen LogP contribution is -2.10. The van der Waals surface area contributed by atoms with Crippen molar-refractivity contribution in [3.8, 4) is 39.8 Å². The maximum absolute atomic E-state index is 9.80. The molecule has 0 saturated heterocycles. The molecule has 0 amide bonds. The van der Waals surface area contributed by atoms with E-state index in [-0.39, 0.29) is 15.8 Å². The molecule has 2 aromatic heterocycles. The largest absolute Gasteiger partial charge is 0.508 e. The first kappa shape index (κ1) is 22.8. The maximum atomic E-state index is 9.80. The first-order valence-electron chi connectivity index (χ1n) is 9.57. The van der Waals surface area contributed by atoms with E-state index < -0.39 is 0 Å². The van der Waals surface area contributed by atoms with Gasteiger partial charge in [0.2, 0.25) is 5.95 Å². The van der Waals surface area contributed by atoms with Gasteiger partial charge in [-0.25, -0.2) is 15.0 Å². The summed E-state index contributed by atoms with van der Waals surface area (Å²) >= 11 is 15.0. The Morgan fingerprint density at radius 2 is 1.91 bits per heavy atom. The van der Waals surface area contributed by atoms with Crippen LogP contribution in [0.25, 0.3) is 34.0 Å². The van der Waals surface area contributed by atoms with Gasteiger partial charge in [0.15, 0.2) is 0 Å². The smallest absolute Gasteiger partial charge is 0.223 e. The lowest BCUT2D eigenvalue weighted by molar-refractivity contribution is 0.210. The molecule has 0 aliphatic carbocycles. The number of H-pyrrole nitrogens is 1. The fourth-order valence-corrected chi connectivity index (χ4v) is 4.35. The highest BCUT2D eigenvalue weighted by Crippen LogP contribution is 2.40. The molecule has 10 heteroatoms. The second kappa shape index (κ2) is 10.0. The molecule has 0 unspecified atom stereocenters. The van der Waals surface area contributed by atoms with Gasteiger partial charge < -0.3 is 20.1 Å². The topological polar surface area (TPSA) is 96.0 Å². The summed E-state index contributed by atoms with van der Waals surface area (Å²) in [5, 5.41) is 13.5. The van der Waals surface area contributed by atoms with Crippen molar-refractivity contribution in [2.24, 2.45) is 0 Å². The highest BCUT2D eigenvalue weighted by atomic mass is 127. The number of anilines is 1. The van der Waals surface area contributed by atoms with Crippen LogP contribution in [-0.4, -0.2) is 45.3 Å². The Morgan fingerprint density at radius 1 is 1.12 bits per heavy atom. The van der Waals surface area contributed by atoms with Crippen LogP contribution in [0.5, 0.6) is 5.75 Å². The van der Waals surface area contributed by atoms with Crippen LogP contribution in [0.1, 0.15) is 0 Å². The third kappa shape index (κ3) is 4.98. The van der Waals surface area contributed by atoms with Crippen molar-refractivity contribution in [1.29, 1.82) is 0 Å². The normalized spacial score (nSPS) is 11.0. The number of imidazole rings is 1. The number of phenolic OH excluding ortho intramolecular Hbond substituents is 1. The number of hydrogen-bond donors (Lipinski definition) is 3. The maximum Gasteiger partial charge on any atom is 0.223 e. The molecule has 164 valence electrons. The van der Waals surface area contributed by atoms with Crippen molar-refractivity contribution < 1.29 is 9.84 Å². The molecule has 0 bridgehead atoms. The number of benzene rings is 2. The third-order valence-corrected chi connectivity index (χ3v) is 5.83. The van der Waals surface area contributed by atoms with Crippen molar-refractivity contribution in [2.45, 2.75) is 0 Å². The average molecular weight is 582 g/mol. The van der Waals surface area contributed by atoms with Crippen LogP contribution >= 0.6 is 45.8 Å². The molecule has 0 atom stereocenters. The van der Waals surface area contributed by atoms with Crippen molar-refractivity contribution in [3.05, 3.63) is 62.3 Å². The van der Waals surface area contributed by atoms with Gasteiger partial charge in [0.1, 0.15) is 11.6 Å². The van der Waals surface area contributed by atoms with Gasteiger partial charge in [-0.15, -0.1) is 0 Å². The molecule has 0 aliphatic heterocycles. The fraction of sp³-hybridized carbons (Fsp3) is 0.136. The van der Waals surface area contributed by atoms with Crippen molar-refractivity contribution >= 4 is 51.7 Å². The lowest BCUT2D eigenvalue weighted by atomic mass is 10.1. The Kier molecular flexibility index (Phi) is 7.14. The van der Waals surface area contributed by atoms with Crippen LogP contribution in [0.2, 0.25) is 10.0 Å². The summed E-state index contributed by atoms with van der Waals surface area (Å²) in [5.41, 5.74) is 3.45. The first-order chi connectivity index (χ1) is 15.5. The summed E-state index contributed by atoms with van der Waals surface area (Å²) in [6.07, 6.45) is 1.68. The Labute approximate surface area is 208 Å². The summed E-state index contributed by atoms with van der Waals surface area (Å²) in [6, 6.07) is 12.6. The quantitative estimate of drug-likeness (QED) is 0.186. The van der Waals surface area contributed by atoms with Gasteiger partial charge in [0, 0.05) is 29.0 Å². The number of aromatic nitrogens is 4. The van der Waals surface area contributed by atoms with E-state index in [0.29, 0.717) is 47.6 Å². The van der Waals surface area contributed by atoms with Crippen LogP contribution in [0.4, 0.5) is 5.95 Å². The van der Waals surface area contributed by atoms with Crippen LogP contribution < -0.4 is 5.32 Å².